The third-order valence-electron chi connectivity index (χ3n) is 1.77. The Labute approximate surface area is 94.2 Å². The first-order valence-corrected chi connectivity index (χ1v) is 5.99. The lowest BCUT2D eigenvalue weighted by molar-refractivity contribution is 0.768. The van der Waals surface area contributed by atoms with Crippen LogP contribution in [-0.4, -0.2) is 18.8 Å². The summed E-state index contributed by atoms with van der Waals surface area (Å²) in [6.45, 7) is 4.07. The predicted octanol–water partition coefficient (Wildman–Crippen LogP) is 2.62. The molecule has 0 saturated heterocycles. The van der Waals surface area contributed by atoms with Gasteiger partial charge in [-0.15, -0.1) is 11.8 Å². The lowest BCUT2D eigenvalue weighted by Gasteiger charge is -2.07. The highest BCUT2D eigenvalue weighted by Crippen LogP contribution is 2.31. The molecular weight excluding hydrogens is 216 g/mol. The van der Waals surface area contributed by atoms with Gasteiger partial charge in [-0.2, -0.15) is 0 Å². The Balaban J connectivity index is 2.49. The van der Waals surface area contributed by atoms with Crippen LogP contribution in [0.5, 0.6) is 0 Å². The van der Waals surface area contributed by atoms with Gasteiger partial charge in [0.25, 0.3) is 0 Å². The highest BCUT2D eigenvalue weighted by Gasteiger charge is 2.03. The molecule has 0 aliphatic rings. The van der Waals surface area contributed by atoms with E-state index >= 15 is 0 Å². The van der Waals surface area contributed by atoms with Gasteiger partial charge in [-0.1, -0.05) is 24.6 Å². The molecule has 0 saturated carbocycles. The Morgan fingerprint density at radius 3 is 2.93 bits per heavy atom. The molecule has 1 aromatic carbocycles. The number of nitrogens with two attached hydrogens (primary N) is 1. The van der Waals surface area contributed by atoms with E-state index in [4.69, 9.17) is 17.3 Å². The van der Waals surface area contributed by atoms with E-state index in [2.05, 4.69) is 12.2 Å². The molecule has 0 spiro atoms. The summed E-state index contributed by atoms with van der Waals surface area (Å²) in [6, 6.07) is 5.61. The monoisotopic (exact) mass is 230 g/mol. The van der Waals surface area contributed by atoms with E-state index in [-0.39, 0.29) is 0 Å². The van der Waals surface area contributed by atoms with Crippen LogP contribution in [0.15, 0.2) is 23.1 Å². The van der Waals surface area contributed by atoms with Crippen molar-refractivity contribution in [1.82, 2.24) is 5.32 Å². The molecule has 0 heterocycles. The summed E-state index contributed by atoms with van der Waals surface area (Å²) in [7, 11) is 0. The molecule has 0 aromatic heterocycles. The SMILES string of the molecule is CCNCCSc1c(N)cccc1Cl. The van der Waals surface area contributed by atoms with Crippen molar-refractivity contribution in [2.75, 3.05) is 24.6 Å². The molecule has 3 N–H and O–H groups in total. The maximum atomic E-state index is 6.02. The van der Waals surface area contributed by atoms with Gasteiger partial charge < -0.3 is 11.1 Å². The fourth-order valence-electron chi connectivity index (χ4n) is 1.08. The van der Waals surface area contributed by atoms with E-state index in [1.807, 2.05) is 18.2 Å². The van der Waals surface area contributed by atoms with Crippen molar-refractivity contribution in [2.24, 2.45) is 0 Å². The quantitative estimate of drug-likeness (QED) is 0.464. The number of rotatable bonds is 5. The number of benzene rings is 1. The highest BCUT2D eigenvalue weighted by molar-refractivity contribution is 7.99. The molecular formula is C10H15ClN2S. The molecule has 4 heteroatoms. The molecule has 0 radical (unpaired) electrons. The van der Waals surface area contributed by atoms with Crippen LogP contribution in [0.3, 0.4) is 0 Å². The highest BCUT2D eigenvalue weighted by atomic mass is 35.5. The zero-order chi connectivity index (χ0) is 10.4. The summed E-state index contributed by atoms with van der Waals surface area (Å²) in [5.74, 6) is 0.988. The third-order valence-corrected chi connectivity index (χ3v) is 3.35. The Bertz CT molecular complexity index is 271. The largest absolute Gasteiger partial charge is 0.398 e. The van der Waals surface area contributed by atoms with Crippen LogP contribution in [0.25, 0.3) is 0 Å². The second-order valence-corrected chi connectivity index (χ2v) is 4.37. The first kappa shape index (κ1) is 11.7. The van der Waals surface area contributed by atoms with Crippen molar-refractivity contribution in [3.05, 3.63) is 23.2 Å². The molecule has 78 valence electrons. The molecule has 2 nitrogen and oxygen atoms in total. The summed E-state index contributed by atoms with van der Waals surface area (Å²) in [4.78, 5) is 0.993. The van der Waals surface area contributed by atoms with Gasteiger partial charge in [0.15, 0.2) is 0 Å². The molecule has 0 unspecified atom stereocenters. The second kappa shape index (κ2) is 6.17. The van der Waals surface area contributed by atoms with Crippen LogP contribution < -0.4 is 11.1 Å². The molecule has 0 atom stereocenters. The van der Waals surface area contributed by atoms with E-state index in [1.165, 1.54) is 0 Å². The zero-order valence-electron chi connectivity index (χ0n) is 8.22. The van der Waals surface area contributed by atoms with Gasteiger partial charge in [-0.3, -0.25) is 0 Å². The topological polar surface area (TPSA) is 38.0 Å². The van der Waals surface area contributed by atoms with Crippen molar-refractivity contribution in [1.29, 1.82) is 0 Å². The first-order chi connectivity index (χ1) is 6.75. The minimum absolute atomic E-state index is 0.742. The minimum atomic E-state index is 0.742. The van der Waals surface area contributed by atoms with E-state index in [9.17, 15) is 0 Å². The van der Waals surface area contributed by atoms with Crippen molar-refractivity contribution < 1.29 is 0 Å². The smallest absolute Gasteiger partial charge is 0.0562 e. The van der Waals surface area contributed by atoms with Gasteiger partial charge in [0.1, 0.15) is 0 Å². The zero-order valence-corrected chi connectivity index (χ0v) is 9.79. The molecule has 1 rings (SSSR count). The standard InChI is InChI=1S/C10H15ClN2S/c1-2-13-6-7-14-10-8(11)4-3-5-9(10)12/h3-5,13H,2,6-7,12H2,1H3. The van der Waals surface area contributed by atoms with Crippen molar-refractivity contribution >= 4 is 29.1 Å². The van der Waals surface area contributed by atoms with E-state index in [0.717, 1.165) is 34.4 Å². The van der Waals surface area contributed by atoms with Crippen molar-refractivity contribution in [3.63, 3.8) is 0 Å². The molecule has 0 aliphatic heterocycles. The fraction of sp³-hybridized carbons (Fsp3) is 0.400. The maximum absolute atomic E-state index is 6.02. The van der Waals surface area contributed by atoms with E-state index in [1.54, 1.807) is 11.8 Å². The van der Waals surface area contributed by atoms with Crippen LogP contribution in [0.2, 0.25) is 5.02 Å². The maximum Gasteiger partial charge on any atom is 0.0562 e. The Kier molecular flexibility index (Phi) is 5.15. The van der Waals surface area contributed by atoms with E-state index in [0.29, 0.717) is 0 Å². The number of thioether (sulfide) groups is 1. The molecule has 0 aliphatic carbocycles. The van der Waals surface area contributed by atoms with Crippen LogP contribution in [-0.2, 0) is 0 Å². The molecule has 14 heavy (non-hydrogen) atoms. The van der Waals surface area contributed by atoms with Gasteiger partial charge in [0.2, 0.25) is 0 Å². The summed E-state index contributed by atoms with van der Waals surface area (Å²) >= 11 is 7.72. The van der Waals surface area contributed by atoms with Gasteiger partial charge in [0, 0.05) is 22.9 Å². The average molecular weight is 231 g/mol. The summed E-state index contributed by atoms with van der Waals surface area (Å²) in [5.41, 5.74) is 6.57. The van der Waals surface area contributed by atoms with Gasteiger partial charge in [0.05, 0.1) is 5.02 Å². The number of nitrogens with one attached hydrogen (secondary N) is 1. The molecule has 0 amide bonds. The molecule has 0 fully saturated rings. The molecule has 0 bridgehead atoms. The number of nitrogen functional groups attached to an aromatic ring is 1. The number of hydrogen-bond acceptors (Lipinski definition) is 3. The van der Waals surface area contributed by atoms with Crippen LogP contribution in [0.1, 0.15) is 6.92 Å². The average Bonchev–Trinajstić information content (AvgIpc) is 2.16. The van der Waals surface area contributed by atoms with Crippen molar-refractivity contribution in [3.8, 4) is 0 Å². The summed E-state index contributed by atoms with van der Waals surface area (Å²) in [5, 5.41) is 3.99. The van der Waals surface area contributed by atoms with Crippen LogP contribution in [0, 0.1) is 0 Å². The number of halogens is 1. The van der Waals surface area contributed by atoms with Gasteiger partial charge in [-0.25, -0.2) is 0 Å². The second-order valence-electron chi connectivity index (χ2n) is 2.86. The third kappa shape index (κ3) is 3.40. The Hall–Kier alpha value is -0.380. The lowest BCUT2D eigenvalue weighted by atomic mass is 10.3. The summed E-state index contributed by atoms with van der Waals surface area (Å²) < 4.78 is 0. The Morgan fingerprint density at radius 2 is 2.29 bits per heavy atom. The van der Waals surface area contributed by atoms with E-state index < -0.39 is 0 Å². The number of hydrogen-bond donors (Lipinski definition) is 2. The van der Waals surface area contributed by atoms with Crippen molar-refractivity contribution in [2.45, 2.75) is 11.8 Å². The first-order valence-electron chi connectivity index (χ1n) is 4.63. The Morgan fingerprint density at radius 1 is 1.50 bits per heavy atom. The van der Waals surface area contributed by atoms with Crippen LogP contribution in [0.4, 0.5) is 5.69 Å². The minimum Gasteiger partial charge on any atom is -0.398 e. The predicted molar refractivity (Wildman–Crippen MR) is 65.1 cm³/mol. The number of anilines is 1. The normalized spacial score (nSPS) is 10.4. The van der Waals surface area contributed by atoms with Gasteiger partial charge in [-0.05, 0) is 18.7 Å². The van der Waals surface area contributed by atoms with Crippen LogP contribution >= 0.6 is 23.4 Å². The lowest BCUT2D eigenvalue weighted by Crippen LogP contribution is -2.15. The molecule has 1 aromatic rings. The summed E-state index contributed by atoms with van der Waals surface area (Å²) in [6.07, 6.45) is 0. The fourth-order valence-corrected chi connectivity index (χ4v) is 2.32. The van der Waals surface area contributed by atoms with Gasteiger partial charge >= 0.3 is 0 Å².